The van der Waals surface area contributed by atoms with Crippen molar-refractivity contribution in [3.63, 3.8) is 0 Å². The smallest absolute Gasteiger partial charge is 0.262 e. The van der Waals surface area contributed by atoms with E-state index < -0.39 is 0 Å². The Morgan fingerprint density at radius 2 is 1.92 bits per heavy atom. The molecule has 2 aliphatic rings. The molecule has 26 heavy (non-hydrogen) atoms. The van der Waals surface area contributed by atoms with Gasteiger partial charge in [-0.2, -0.15) is 0 Å². The number of amides is 2. The maximum Gasteiger partial charge on any atom is 0.262 e. The molecule has 1 aliphatic carbocycles. The molecule has 0 radical (unpaired) electrons. The summed E-state index contributed by atoms with van der Waals surface area (Å²) in [6.45, 7) is 2.00. The molecule has 134 valence electrons. The van der Waals surface area contributed by atoms with Gasteiger partial charge in [-0.05, 0) is 67.5 Å². The van der Waals surface area contributed by atoms with Gasteiger partial charge >= 0.3 is 0 Å². The third-order valence-corrected chi connectivity index (χ3v) is 5.09. The second-order valence-corrected chi connectivity index (χ2v) is 6.98. The van der Waals surface area contributed by atoms with E-state index in [1.54, 1.807) is 18.2 Å². The minimum absolute atomic E-state index is 0.00784. The molecule has 0 fully saturated rings. The van der Waals surface area contributed by atoms with Crippen LogP contribution >= 0.6 is 0 Å². The molecular weight excluding hydrogens is 328 g/mol. The molecule has 2 amide bonds. The molecule has 4 rings (SSSR count). The Labute approximate surface area is 152 Å². The first kappa shape index (κ1) is 16.6. The van der Waals surface area contributed by atoms with Crippen molar-refractivity contribution in [2.45, 2.75) is 38.6 Å². The van der Waals surface area contributed by atoms with Gasteiger partial charge in [0.2, 0.25) is 0 Å². The fraction of sp³-hybridized carbons (Fsp3) is 0.333. The SMILES string of the molecule is C[C@@H](NC(=O)c1ccc2c(c1)NC(=O)CO2)c1ccc2c(c1)CCCC2. The number of hydrogen-bond donors (Lipinski definition) is 2. The summed E-state index contributed by atoms with van der Waals surface area (Å²) in [6.07, 6.45) is 4.77. The molecular formula is C21H22N2O3. The van der Waals surface area contributed by atoms with Gasteiger partial charge in [0, 0.05) is 5.56 Å². The highest BCUT2D eigenvalue weighted by molar-refractivity contribution is 6.00. The fourth-order valence-electron chi connectivity index (χ4n) is 3.61. The van der Waals surface area contributed by atoms with Crippen LogP contribution in [0, 0.1) is 0 Å². The number of fused-ring (bicyclic) bond motifs is 2. The van der Waals surface area contributed by atoms with E-state index in [0.717, 1.165) is 18.4 Å². The molecule has 1 heterocycles. The zero-order chi connectivity index (χ0) is 18.1. The second-order valence-electron chi connectivity index (χ2n) is 6.98. The number of hydrogen-bond acceptors (Lipinski definition) is 3. The second kappa shape index (κ2) is 6.83. The molecule has 5 heteroatoms. The van der Waals surface area contributed by atoms with Crippen LogP contribution in [0.4, 0.5) is 5.69 Å². The lowest BCUT2D eigenvalue weighted by molar-refractivity contribution is -0.118. The van der Waals surface area contributed by atoms with Crippen molar-refractivity contribution >= 4 is 17.5 Å². The lowest BCUT2D eigenvalue weighted by atomic mass is 9.89. The Balaban J connectivity index is 1.49. The lowest BCUT2D eigenvalue weighted by Gasteiger charge is -2.21. The van der Waals surface area contributed by atoms with Crippen molar-refractivity contribution in [2.75, 3.05) is 11.9 Å². The summed E-state index contributed by atoms with van der Waals surface area (Å²) in [5.41, 5.74) is 5.00. The Kier molecular flexibility index (Phi) is 4.37. The van der Waals surface area contributed by atoms with Crippen LogP contribution in [-0.4, -0.2) is 18.4 Å². The van der Waals surface area contributed by atoms with Crippen LogP contribution in [0.25, 0.3) is 0 Å². The number of rotatable bonds is 3. The highest BCUT2D eigenvalue weighted by Crippen LogP contribution is 2.29. The summed E-state index contributed by atoms with van der Waals surface area (Å²) in [5.74, 6) is 0.208. The van der Waals surface area contributed by atoms with Crippen molar-refractivity contribution < 1.29 is 14.3 Å². The zero-order valence-electron chi connectivity index (χ0n) is 14.8. The van der Waals surface area contributed by atoms with Crippen molar-refractivity contribution in [1.82, 2.24) is 5.32 Å². The average molecular weight is 350 g/mol. The standard InChI is InChI=1S/C21H22N2O3/c1-13(15-7-6-14-4-2-3-5-16(14)10-15)22-21(25)17-8-9-19-18(11-17)23-20(24)12-26-19/h6-11,13H,2-5,12H2,1H3,(H,22,25)(H,23,24)/t13-/m1/s1. The van der Waals surface area contributed by atoms with Gasteiger partial charge in [0.15, 0.2) is 6.61 Å². The van der Waals surface area contributed by atoms with Crippen LogP contribution in [-0.2, 0) is 17.6 Å². The summed E-state index contributed by atoms with van der Waals surface area (Å²) < 4.78 is 5.33. The van der Waals surface area contributed by atoms with Gasteiger partial charge in [-0.25, -0.2) is 0 Å². The molecule has 1 aliphatic heterocycles. The minimum atomic E-state index is -0.211. The van der Waals surface area contributed by atoms with Crippen LogP contribution in [0.3, 0.4) is 0 Å². The molecule has 0 saturated carbocycles. The average Bonchev–Trinajstić information content (AvgIpc) is 2.66. The summed E-state index contributed by atoms with van der Waals surface area (Å²) in [7, 11) is 0. The van der Waals surface area contributed by atoms with Crippen LogP contribution in [0.1, 0.15) is 52.9 Å². The number of aryl methyl sites for hydroxylation is 2. The van der Waals surface area contributed by atoms with Crippen LogP contribution in [0.15, 0.2) is 36.4 Å². The van der Waals surface area contributed by atoms with E-state index in [2.05, 4.69) is 28.8 Å². The molecule has 1 atom stereocenters. The topological polar surface area (TPSA) is 67.4 Å². The number of anilines is 1. The predicted molar refractivity (Wildman–Crippen MR) is 99.5 cm³/mol. The predicted octanol–water partition coefficient (Wildman–Crippen LogP) is 3.39. The van der Waals surface area contributed by atoms with Gasteiger partial charge in [0.05, 0.1) is 11.7 Å². The Bertz CT molecular complexity index is 876. The highest BCUT2D eigenvalue weighted by Gasteiger charge is 2.19. The Morgan fingerprint density at radius 1 is 1.12 bits per heavy atom. The summed E-state index contributed by atoms with van der Waals surface area (Å²) in [4.78, 5) is 24.1. The van der Waals surface area contributed by atoms with E-state index in [0.29, 0.717) is 17.0 Å². The van der Waals surface area contributed by atoms with Crippen molar-refractivity contribution in [2.24, 2.45) is 0 Å². The van der Waals surface area contributed by atoms with Crippen LogP contribution in [0.2, 0.25) is 0 Å². The fourth-order valence-corrected chi connectivity index (χ4v) is 3.61. The third-order valence-electron chi connectivity index (χ3n) is 5.09. The zero-order valence-corrected chi connectivity index (χ0v) is 14.8. The number of ether oxygens (including phenoxy) is 1. The maximum absolute atomic E-state index is 12.6. The maximum atomic E-state index is 12.6. The third kappa shape index (κ3) is 3.29. The van der Waals surface area contributed by atoms with Gasteiger partial charge < -0.3 is 15.4 Å². The lowest BCUT2D eigenvalue weighted by Crippen LogP contribution is -2.28. The van der Waals surface area contributed by atoms with E-state index in [9.17, 15) is 9.59 Å². The van der Waals surface area contributed by atoms with Gasteiger partial charge in [-0.15, -0.1) is 0 Å². The monoisotopic (exact) mass is 350 g/mol. The Hall–Kier alpha value is -2.82. The number of nitrogens with one attached hydrogen (secondary N) is 2. The largest absolute Gasteiger partial charge is 0.482 e. The van der Waals surface area contributed by atoms with Gasteiger partial charge in [0.25, 0.3) is 11.8 Å². The normalized spacial score (nSPS) is 16.6. The van der Waals surface area contributed by atoms with E-state index in [1.165, 1.54) is 24.0 Å². The van der Waals surface area contributed by atoms with Crippen LogP contribution < -0.4 is 15.4 Å². The van der Waals surface area contributed by atoms with Crippen molar-refractivity contribution in [1.29, 1.82) is 0 Å². The molecule has 0 unspecified atom stereocenters. The van der Waals surface area contributed by atoms with Crippen molar-refractivity contribution in [3.05, 3.63) is 58.7 Å². The van der Waals surface area contributed by atoms with Gasteiger partial charge in [-0.1, -0.05) is 18.2 Å². The van der Waals surface area contributed by atoms with Crippen LogP contribution in [0.5, 0.6) is 5.75 Å². The molecule has 0 bridgehead atoms. The summed E-state index contributed by atoms with van der Waals surface area (Å²) >= 11 is 0. The quantitative estimate of drug-likeness (QED) is 0.892. The molecule has 2 aromatic rings. The molecule has 5 nitrogen and oxygen atoms in total. The first-order chi connectivity index (χ1) is 12.6. The molecule has 2 aromatic carbocycles. The first-order valence-corrected chi connectivity index (χ1v) is 9.09. The number of carbonyl (C=O) groups is 2. The summed E-state index contributed by atoms with van der Waals surface area (Å²) in [5, 5.41) is 5.78. The van der Waals surface area contributed by atoms with E-state index in [1.807, 2.05) is 6.92 Å². The molecule has 0 saturated heterocycles. The Morgan fingerprint density at radius 3 is 2.77 bits per heavy atom. The van der Waals surface area contributed by atoms with Gasteiger partial charge in [0.1, 0.15) is 5.75 Å². The van der Waals surface area contributed by atoms with E-state index >= 15 is 0 Å². The minimum Gasteiger partial charge on any atom is -0.482 e. The molecule has 2 N–H and O–H groups in total. The highest BCUT2D eigenvalue weighted by atomic mass is 16.5. The number of benzene rings is 2. The van der Waals surface area contributed by atoms with E-state index in [4.69, 9.17) is 4.74 Å². The first-order valence-electron chi connectivity index (χ1n) is 9.09. The molecule has 0 aromatic heterocycles. The number of carbonyl (C=O) groups excluding carboxylic acids is 2. The van der Waals surface area contributed by atoms with E-state index in [-0.39, 0.29) is 24.5 Å². The van der Waals surface area contributed by atoms with Gasteiger partial charge in [-0.3, -0.25) is 9.59 Å². The summed E-state index contributed by atoms with van der Waals surface area (Å²) in [6, 6.07) is 11.5. The van der Waals surface area contributed by atoms with Crippen molar-refractivity contribution in [3.8, 4) is 5.75 Å². The molecule has 0 spiro atoms.